The summed E-state index contributed by atoms with van der Waals surface area (Å²) >= 11 is 0. The molecule has 3 heterocycles. The molecule has 10 heteroatoms. The van der Waals surface area contributed by atoms with Crippen molar-refractivity contribution in [3.8, 4) is 5.75 Å². The first-order valence-electron chi connectivity index (χ1n) is 9.62. The molecular formula is C19H22F3N3O3S. The van der Waals surface area contributed by atoms with Gasteiger partial charge in [0, 0.05) is 24.5 Å². The largest absolute Gasteiger partial charge is 0.534 e. The summed E-state index contributed by atoms with van der Waals surface area (Å²) in [5.74, 6) is -0.387. The quantitative estimate of drug-likeness (QED) is 0.547. The summed E-state index contributed by atoms with van der Waals surface area (Å²) in [6, 6.07) is 6.30. The zero-order valence-corrected chi connectivity index (χ0v) is 16.5. The van der Waals surface area contributed by atoms with Crippen LogP contribution in [0.4, 0.5) is 18.9 Å². The Kier molecular flexibility index (Phi) is 5.32. The van der Waals surface area contributed by atoms with Gasteiger partial charge in [-0.05, 0) is 63.0 Å². The molecule has 0 saturated carbocycles. The second-order valence-electron chi connectivity index (χ2n) is 7.49. The van der Waals surface area contributed by atoms with Crippen molar-refractivity contribution in [2.24, 2.45) is 0 Å². The first-order chi connectivity index (χ1) is 13.7. The first-order valence-corrected chi connectivity index (χ1v) is 11.0. The molecule has 0 N–H and O–H groups in total. The lowest BCUT2D eigenvalue weighted by Gasteiger charge is -2.37. The highest BCUT2D eigenvalue weighted by Gasteiger charge is 2.48. The number of halogens is 3. The molecule has 29 heavy (non-hydrogen) atoms. The molecule has 0 unspecified atom stereocenters. The van der Waals surface area contributed by atoms with Gasteiger partial charge in [-0.3, -0.25) is 4.98 Å². The Hall–Kier alpha value is -2.07. The minimum Gasteiger partial charge on any atom is -0.376 e. The third kappa shape index (κ3) is 4.28. The number of anilines is 1. The first kappa shape index (κ1) is 20.2. The summed E-state index contributed by atoms with van der Waals surface area (Å²) in [4.78, 5) is 9.12. The molecule has 6 nitrogen and oxygen atoms in total. The maximum Gasteiger partial charge on any atom is 0.534 e. The van der Waals surface area contributed by atoms with Crippen molar-refractivity contribution >= 4 is 26.7 Å². The Morgan fingerprint density at radius 2 is 1.72 bits per heavy atom. The van der Waals surface area contributed by atoms with Crippen molar-refractivity contribution in [2.45, 2.75) is 37.2 Å². The molecule has 0 atom stereocenters. The highest BCUT2D eigenvalue weighted by Crippen LogP contribution is 2.30. The number of hydrogen-bond donors (Lipinski definition) is 0. The minimum atomic E-state index is -5.70. The molecule has 1 aromatic heterocycles. The number of fused-ring (bicyclic) bond motifs is 1. The van der Waals surface area contributed by atoms with Crippen LogP contribution in [-0.2, 0) is 10.1 Å². The van der Waals surface area contributed by atoms with Crippen LogP contribution in [0.15, 0.2) is 30.5 Å². The van der Waals surface area contributed by atoms with E-state index in [1.807, 2.05) is 6.07 Å². The SMILES string of the molecule is O=S(=O)(Oc1ccc2ncc(N3CCC(N4CCCC4)CC3)cc2c1)C(F)(F)F. The zero-order chi connectivity index (χ0) is 20.6. The lowest BCUT2D eigenvalue weighted by Crippen LogP contribution is -2.43. The number of benzene rings is 1. The monoisotopic (exact) mass is 429 g/mol. The van der Waals surface area contributed by atoms with Crippen LogP contribution in [0.25, 0.3) is 10.9 Å². The molecule has 2 aliphatic rings. The van der Waals surface area contributed by atoms with Crippen LogP contribution in [0.5, 0.6) is 5.75 Å². The second-order valence-corrected chi connectivity index (χ2v) is 9.03. The Morgan fingerprint density at radius 1 is 1.03 bits per heavy atom. The summed E-state index contributed by atoms with van der Waals surface area (Å²) < 4.78 is 64.3. The molecule has 158 valence electrons. The van der Waals surface area contributed by atoms with Crippen LogP contribution < -0.4 is 9.08 Å². The number of alkyl halides is 3. The average molecular weight is 429 g/mol. The van der Waals surface area contributed by atoms with Crippen LogP contribution >= 0.6 is 0 Å². The zero-order valence-electron chi connectivity index (χ0n) is 15.7. The van der Waals surface area contributed by atoms with Gasteiger partial charge in [0.15, 0.2) is 0 Å². The molecule has 1 aromatic carbocycles. The maximum absolute atomic E-state index is 12.5. The van der Waals surface area contributed by atoms with Gasteiger partial charge in [0.2, 0.25) is 0 Å². The molecule has 4 rings (SSSR count). The van der Waals surface area contributed by atoms with Crippen LogP contribution in [0.2, 0.25) is 0 Å². The number of pyridine rings is 1. The average Bonchev–Trinajstić information content (AvgIpc) is 3.21. The van der Waals surface area contributed by atoms with Crippen LogP contribution in [-0.4, -0.2) is 56.0 Å². The van der Waals surface area contributed by atoms with Crippen molar-refractivity contribution in [1.29, 1.82) is 0 Å². The van der Waals surface area contributed by atoms with Gasteiger partial charge in [0.05, 0.1) is 17.4 Å². The topological polar surface area (TPSA) is 62.7 Å². The third-order valence-electron chi connectivity index (χ3n) is 5.61. The molecular weight excluding hydrogens is 407 g/mol. The fourth-order valence-corrected chi connectivity index (χ4v) is 4.54. The summed E-state index contributed by atoms with van der Waals surface area (Å²) in [5.41, 5.74) is -4.05. The van der Waals surface area contributed by atoms with E-state index in [-0.39, 0.29) is 5.75 Å². The molecule has 2 aromatic rings. The van der Waals surface area contributed by atoms with E-state index < -0.39 is 15.6 Å². The Balaban J connectivity index is 1.50. The summed E-state index contributed by atoms with van der Waals surface area (Å²) in [7, 11) is -5.70. The molecule has 0 bridgehead atoms. The van der Waals surface area contributed by atoms with Gasteiger partial charge in [-0.2, -0.15) is 21.6 Å². The van der Waals surface area contributed by atoms with Gasteiger partial charge in [-0.1, -0.05) is 0 Å². The van der Waals surface area contributed by atoms with Crippen LogP contribution in [0, 0.1) is 0 Å². The molecule has 2 fully saturated rings. The second kappa shape index (κ2) is 7.64. The summed E-state index contributed by atoms with van der Waals surface area (Å²) in [6.07, 6.45) is 6.40. The molecule has 0 spiro atoms. The van der Waals surface area contributed by atoms with Crippen molar-refractivity contribution < 1.29 is 25.8 Å². The molecule has 0 aliphatic carbocycles. The van der Waals surface area contributed by atoms with E-state index in [1.165, 1.54) is 44.1 Å². The number of piperidine rings is 1. The van der Waals surface area contributed by atoms with Gasteiger partial charge in [-0.15, -0.1) is 0 Å². The number of hydrogen-bond acceptors (Lipinski definition) is 6. The summed E-state index contributed by atoms with van der Waals surface area (Å²) in [6.45, 7) is 4.11. The van der Waals surface area contributed by atoms with Crippen LogP contribution in [0.3, 0.4) is 0 Å². The van der Waals surface area contributed by atoms with E-state index in [4.69, 9.17) is 0 Å². The molecule has 0 amide bonds. The predicted octanol–water partition coefficient (Wildman–Crippen LogP) is 3.53. The number of aromatic nitrogens is 1. The van der Waals surface area contributed by atoms with E-state index in [0.717, 1.165) is 31.6 Å². The predicted molar refractivity (Wildman–Crippen MR) is 103 cm³/mol. The fourth-order valence-electron chi connectivity index (χ4n) is 4.09. The van der Waals surface area contributed by atoms with E-state index in [1.54, 1.807) is 6.20 Å². The Morgan fingerprint density at radius 3 is 2.38 bits per heavy atom. The van der Waals surface area contributed by atoms with Gasteiger partial charge < -0.3 is 14.0 Å². The minimum absolute atomic E-state index is 0.387. The van der Waals surface area contributed by atoms with Gasteiger partial charge in [0.25, 0.3) is 0 Å². The lowest BCUT2D eigenvalue weighted by molar-refractivity contribution is -0.0500. The van der Waals surface area contributed by atoms with E-state index in [9.17, 15) is 21.6 Å². The number of likely N-dealkylation sites (tertiary alicyclic amines) is 1. The highest BCUT2D eigenvalue weighted by molar-refractivity contribution is 7.88. The standard InChI is InChI=1S/C19H22F3N3O3S/c20-19(21,22)29(26,27)28-17-3-4-18-14(12-17)11-16(13-23-18)25-9-5-15(6-10-25)24-7-1-2-8-24/h3-4,11-13,15H,1-2,5-10H2. The van der Waals surface area contributed by atoms with E-state index in [2.05, 4.69) is 19.0 Å². The third-order valence-corrected chi connectivity index (χ3v) is 6.59. The molecule has 2 aliphatic heterocycles. The van der Waals surface area contributed by atoms with Crippen molar-refractivity contribution in [3.05, 3.63) is 30.5 Å². The smallest absolute Gasteiger partial charge is 0.376 e. The van der Waals surface area contributed by atoms with Crippen molar-refractivity contribution in [3.63, 3.8) is 0 Å². The van der Waals surface area contributed by atoms with Crippen molar-refractivity contribution in [1.82, 2.24) is 9.88 Å². The fraction of sp³-hybridized carbons (Fsp3) is 0.526. The Bertz CT molecular complexity index is 983. The number of rotatable bonds is 4. The van der Waals surface area contributed by atoms with E-state index >= 15 is 0 Å². The maximum atomic E-state index is 12.5. The summed E-state index contributed by atoms with van der Waals surface area (Å²) in [5, 5.41) is 0.527. The van der Waals surface area contributed by atoms with Gasteiger partial charge in [0.1, 0.15) is 5.75 Å². The van der Waals surface area contributed by atoms with E-state index in [0.29, 0.717) is 16.9 Å². The molecule has 0 radical (unpaired) electrons. The van der Waals surface area contributed by atoms with Crippen LogP contribution in [0.1, 0.15) is 25.7 Å². The normalized spacial score (nSPS) is 19.8. The highest BCUT2D eigenvalue weighted by atomic mass is 32.2. The number of nitrogens with zero attached hydrogens (tertiary/aromatic N) is 3. The Labute approximate surface area is 167 Å². The van der Waals surface area contributed by atoms with Crippen molar-refractivity contribution in [2.75, 3.05) is 31.1 Å². The van der Waals surface area contributed by atoms with Gasteiger partial charge >= 0.3 is 15.6 Å². The van der Waals surface area contributed by atoms with Gasteiger partial charge in [-0.25, -0.2) is 0 Å². The molecule has 2 saturated heterocycles. The lowest BCUT2D eigenvalue weighted by atomic mass is 10.0.